The van der Waals surface area contributed by atoms with E-state index in [2.05, 4.69) is 15.9 Å². The number of Topliss-reactive ketones (excluding diaryl/α,β-unsaturated/α-hetero) is 1. The molecule has 0 atom stereocenters. The number of esters is 1. The molecule has 116 valence electrons. The third-order valence-electron chi connectivity index (χ3n) is 2.35. The van der Waals surface area contributed by atoms with Gasteiger partial charge in [0.1, 0.15) is 5.78 Å². The molecule has 0 heterocycles. The van der Waals surface area contributed by atoms with Crippen LogP contribution in [-0.2, 0) is 16.0 Å². The number of thioether (sulfide) groups is 1. The Balaban J connectivity index is 3.26. The van der Waals surface area contributed by atoms with Crippen molar-refractivity contribution >= 4 is 39.4 Å². The topological polar surface area (TPSA) is 43.4 Å². The van der Waals surface area contributed by atoms with Crippen LogP contribution in [0.1, 0.15) is 22.8 Å². The number of benzene rings is 1. The average molecular weight is 385 g/mol. The summed E-state index contributed by atoms with van der Waals surface area (Å²) in [7, 11) is 0. The van der Waals surface area contributed by atoms with E-state index in [1.54, 1.807) is 6.92 Å². The minimum Gasteiger partial charge on any atom is -0.462 e. The normalized spacial score (nSPS) is 11.3. The van der Waals surface area contributed by atoms with Gasteiger partial charge < -0.3 is 4.74 Å². The van der Waals surface area contributed by atoms with E-state index in [-0.39, 0.29) is 40.2 Å². The number of alkyl halides is 4. The van der Waals surface area contributed by atoms with Crippen molar-refractivity contribution in [3.8, 4) is 0 Å². The molecule has 8 heteroatoms. The van der Waals surface area contributed by atoms with E-state index >= 15 is 0 Å². The second-order valence-corrected chi connectivity index (χ2v) is 5.55. The van der Waals surface area contributed by atoms with E-state index in [0.717, 1.165) is 0 Å². The quantitative estimate of drug-likeness (QED) is 0.422. The molecule has 0 amide bonds. The molecule has 0 fully saturated rings. The molecule has 0 aliphatic rings. The van der Waals surface area contributed by atoms with Crippen molar-refractivity contribution in [3.63, 3.8) is 0 Å². The molecule has 0 saturated carbocycles. The zero-order chi connectivity index (χ0) is 16.0. The van der Waals surface area contributed by atoms with Crippen LogP contribution in [-0.4, -0.2) is 29.2 Å². The molecule has 0 saturated heterocycles. The SMILES string of the molecule is CCOC(=O)c1cccc(CC(=O)CBr)c1SC(F)(F)F. The molecule has 0 aliphatic heterocycles. The van der Waals surface area contributed by atoms with Crippen LogP contribution >= 0.6 is 27.7 Å². The standard InChI is InChI=1S/C13H12BrF3O3S/c1-2-20-12(19)10-5-3-4-8(6-9(18)7-14)11(10)21-13(15,16)17/h3-5H,2,6-7H2,1H3. The number of hydrogen-bond donors (Lipinski definition) is 0. The molecule has 3 nitrogen and oxygen atoms in total. The summed E-state index contributed by atoms with van der Waals surface area (Å²) in [5.74, 6) is -1.11. The van der Waals surface area contributed by atoms with Gasteiger partial charge in [0.15, 0.2) is 0 Å². The molecular weight excluding hydrogens is 373 g/mol. The van der Waals surface area contributed by atoms with E-state index in [0.29, 0.717) is 0 Å². The number of hydrogen-bond acceptors (Lipinski definition) is 4. The molecule has 0 unspecified atom stereocenters. The molecule has 1 aromatic carbocycles. The maximum atomic E-state index is 12.7. The smallest absolute Gasteiger partial charge is 0.446 e. The highest BCUT2D eigenvalue weighted by atomic mass is 79.9. The summed E-state index contributed by atoms with van der Waals surface area (Å²) in [5, 5.41) is 0.0345. The predicted octanol–water partition coefficient (Wildman–Crippen LogP) is 3.98. The van der Waals surface area contributed by atoms with Crippen LogP contribution in [0.3, 0.4) is 0 Å². The molecule has 21 heavy (non-hydrogen) atoms. The first-order valence-electron chi connectivity index (χ1n) is 5.91. The Morgan fingerprint density at radius 3 is 2.52 bits per heavy atom. The van der Waals surface area contributed by atoms with Crippen LogP contribution in [0.5, 0.6) is 0 Å². The van der Waals surface area contributed by atoms with Gasteiger partial charge in [-0.05, 0) is 30.3 Å². The Hall–Kier alpha value is -1.02. The highest BCUT2D eigenvalue weighted by Crippen LogP contribution is 2.40. The maximum Gasteiger partial charge on any atom is 0.446 e. The van der Waals surface area contributed by atoms with Crippen LogP contribution in [0.4, 0.5) is 13.2 Å². The zero-order valence-corrected chi connectivity index (χ0v) is 13.4. The zero-order valence-electron chi connectivity index (χ0n) is 11.0. The van der Waals surface area contributed by atoms with Gasteiger partial charge in [-0.25, -0.2) is 4.79 Å². The summed E-state index contributed by atoms with van der Waals surface area (Å²) in [6.45, 7) is 1.62. The molecule has 0 aromatic heterocycles. The average Bonchev–Trinajstić information content (AvgIpc) is 2.39. The van der Waals surface area contributed by atoms with Crippen LogP contribution in [0.2, 0.25) is 0 Å². The van der Waals surface area contributed by atoms with Crippen molar-refractivity contribution in [1.29, 1.82) is 0 Å². The van der Waals surface area contributed by atoms with Crippen molar-refractivity contribution < 1.29 is 27.5 Å². The third-order valence-corrected chi connectivity index (χ3v) is 3.89. The number of ether oxygens (including phenoxy) is 1. The summed E-state index contributed by atoms with van der Waals surface area (Å²) >= 11 is 2.55. The highest BCUT2D eigenvalue weighted by molar-refractivity contribution is 9.09. The van der Waals surface area contributed by atoms with Gasteiger partial charge in [0.05, 0.1) is 17.5 Å². The molecule has 1 aromatic rings. The molecule has 0 N–H and O–H groups in total. The Kier molecular flexibility index (Phi) is 6.73. The largest absolute Gasteiger partial charge is 0.462 e. The Morgan fingerprint density at radius 2 is 2.00 bits per heavy atom. The van der Waals surface area contributed by atoms with Crippen molar-refractivity contribution in [1.82, 2.24) is 0 Å². The van der Waals surface area contributed by atoms with Gasteiger partial charge in [-0.15, -0.1) is 0 Å². The summed E-state index contributed by atoms with van der Waals surface area (Å²) in [6, 6.07) is 4.09. The van der Waals surface area contributed by atoms with E-state index in [4.69, 9.17) is 4.74 Å². The van der Waals surface area contributed by atoms with Gasteiger partial charge in [-0.1, -0.05) is 28.1 Å². The lowest BCUT2D eigenvalue weighted by molar-refractivity contribution is -0.115. The molecule has 0 radical (unpaired) electrons. The van der Waals surface area contributed by atoms with Gasteiger partial charge in [0.25, 0.3) is 0 Å². The van der Waals surface area contributed by atoms with E-state index < -0.39 is 23.2 Å². The number of carbonyl (C=O) groups excluding carboxylic acids is 2. The lowest BCUT2D eigenvalue weighted by Gasteiger charge is -2.14. The second kappa shape index (κ2) is 7.84. The number of rotatable bonds is 6. The molecule has 1 rings (SSSR count). The summed E-state index contributed by atoms with van der Waals surface area (Å²) in [5.41, 5.74) is -4.58. The minimum atomic E-state index is -4.56. The van der Waals surface area contributed by atoms with Crippen molar-refractivity contribution in [2.45, 2.75) is 23.7 Å². The second-order valence-electron chi connectivity index (χ2n) is 3.91. The van der Waals surface area contributed by atoms with Crippen molar-refractivity contribution in [3.05, 3.63) is 29.3 Å². The first-order valence-corrected chi connectivity index (χ1v) is 7.84. The molecule has 0 spiro atoms. The number of halogens is 4. The van der Waals surface area contributed by atoms with Crippen LogP contribution in [0.25, 0.3) is 0 Å². The van der Waals surface area contributed by atoms with Gasteiger partial charge in [0.2, 0.25) is 0 Å². The van der Waals surface area contributed by atoms with Gasteiger partial charge in [-0.3, -0.25) is 4.79 Å². The number of carbonyl (C=O) groups is 2. The summed E-state index contributed by atoms with van der Waals surface area (Å²) in [6.07, 6.45) is -0.184. The van der Waals surface area contributed by atoms with Crippen molar-refractivity contribution in [2.75, 3.05) is 11.9 Å². The lowest BCUT2D eigenvalue weighted by Crippen LogP contribution is -2.12. The fourth-order valence-corrected chi connectivity index (χ4v) is 2.55. The molecule has 0 bridgehead atoms. The number of ketones is 1. The van der Waals surface area contributed by atoms with Gasteiger partial charge in [0, 0.05) is 11.3 Å². The van der Waals surface area contributed by atoms with Gasteiger partial charge in [-0.2, -0.15) is 13.2 Å². The fraction of sp³-hybridized carbons (Fsp3) is 0.385. The van der Waals surface area contributed by atoms with E-state index in [9.17, 15) is 22.8 Å². The summed E-state index contributed by atoms with van der Waals surface area (Å²) < 4.78 is 42.8. The predicted molar refractivity (Wildman–Crippen MR) is 76.8 cm³/mol. The lowest BCUT2D eigenvalue weighted by atomic mass is 10.1. The fourth-order valence-electron chi connectivity index (χ4n) is 1.59. The van der Waals surface area contributed by atoms with Crippen LogP contribution < -0.4 is 0 Å². The minimum absolute atomic E-state index is 0.0345. The first-order chi connectivity index (χ1) is 9.78. The first kappa shape index (κ1) is 18.0. The maximum absolute atomic E-state index is 12.7. The third kappa shape index (κ3) is 5.70. The van der Waals surface area contributed by atoms with Crippen molar-refractivity contribution in [2.24, 2.45) is 0 Å². The Bertz CT molecular complexity index is 532. The molecular formula is C13H12BrF3O3S. The summed E-state index contributed by atoms with van der Waals surface area (Å²) in [4.78, 5) is 22.9. The van der Waals surface area contributed by atoms with Crippen LogP contribution in [0.15, 0.2) is 23.1 Å². The molecule has 0 aliphatic carbocycles. The van der Waals surface area contributed by atoms with Crippen LogP contribution in [0, 0.1) is 0 Å². The highest BCUT2D eigenvalue weighted by Gasteiger charge is 2.33. The monoisotopic (exact) mass is 384 g/mol. The van der Waals surface area contributed by atoms with E-state index in [1.165, 1.54) is 18.2 Å². The van der Waals surface area contributed by atoms with E-state index in [1.807, 2.05) is 0 Å². The van der Waals surface area contributed by atoms with Gasteiger partial charge >= 0.3 is 11.5 Å². The Labute approximate surface area is 132 Å². The Morgan fingerprint density at radius 1 is 1.33 bits per heavy atom.